The lowest BCUT2D eigenvalue weighted by atomic mass is 9.82. The van der Waals surface area contributed by atoms with Crippen molar-refractivity contribution >= 4 is 5.91 Å². The van der Waals surface area contributed by atoms with Gasteiger partial charge in [-0.15, -0.1) is 0 Å². The number of carbonyl (C=O) groups excluding carboxylic acids is 1. The van der Waals surface area contributed by atoms with E-state index in [2.05, 4.69) is 22.5 Å². The molecule has 3 fully saturated rings. The Hall–Kier alpha value is -0.610. The fraction of sp³-hybridized carbons (Fsp3) is 0.938. The summed E-state index contributed by atoms with van der Waals surface area (Å²) < 4.78 is 0. The van der Waals surface area contributed by atoms with Crippen molar-refractivity contribution < 1.29 is 4.79 Å². The summed E-state index contributed by atoms with van der Waals surface area (Å²) in [4.78, 5) is 14.2. The van der Waals surface area contributed by atoms with Crippen molar-refractivity contribution in [2.45, 2.75) is 70.0 Å². The summed E-state index contributed by atoms with van der Waals surface area (Å²) in [5.41, 5.74) is 0. The van der Waals surface area contributed by atoms with Gasteiger partial charge in [-0.1, -0.05) is 6.92 Å². The first-order valence-electron chi connectivity index (χ1n) is 8.53. The molecule has 2 heterocycles. The molecule has 0 bridgehead atoms. The summed E-state index contributed by atoms with van der Waals surface area (Å²) in [5.74, 6) is 0.971. The third-order valence-corrected chi connectivity index (χ3v) is 5.56. The second-order valence-corrected chi connectivity index (χ2v) is 6.82. The van der Waals surface area contributed by atoms with E-state index in [1.807, 2.05) is 0 Å². The van der Waals surface area contributed by atoms with Gasteiger partial charge in [-0.05, 0) is 51.0 Å². The Labute approximate surface area is 122 Å². The highest BCUT2D eigenvalue weighted by molar-refractivity contribution is 5.77. The molecule has 0 aromatic rings. The lowest BCUT2D eigenvalue weighted by Gasteiger charge is -2.46. The van der Waals surface area contributed by atoms with Crippen LogP contribution >= 0.6 is 0 Å². The molecule has 4 nitrogen and oxygen atoms in total. The van der Waals surface area contributed by atoms with Gasteiger partial charge in [0.05, 0.1) is 0 Å². The maximum absolute atomic E-state index is 11.5. The Balaban J connectivity index is 1.49. The predicted octanol–water partition coefficient (Wildman–Crippen LogP) is 1.51. The molecule has 0 spiro atoms. The second kappa shape index (κ2) is 6.44. The zero-order valence-corrected chi connectivity index (χ0v) is 12.7. The molecule has 2 aliphatic heterocycles. The van der Waals surface area contributed by atoms with Crippen molar-refractivity contribution in [1.29, 1.82) is 0 Å². The summed E-state index contributed by atoms with van der Waals surface area (Å²) in [5, 5.41) is 6.78. The first-order valence-corrected chi connectivity index (χ1v) is 8.53. The van der Waals surface area contributed by atoms with Gasteiger partial charge in [0.25, 0.3) is 0 Å². The normalized spacial score (nSPS) is 39.1. The number of rotatable bonds is 3. The number of hydrogen-bond acceptors (Lipinski definition) is 3. The van der Waals surface area contributed by atoms with Gasteiger partial charge in [0.2, 0.25) is 5.91 Å². The highest BCUT2D eigenvalue weighted by Gasteiger charge is 2.36. The van der Waals surface area contributed by atoms with Crippen LogP contribution in [0.25, 0.3) is 0 Å². The number of fused-ring (bicyclic) bond motifs is 1. The van der Waals surface area contributed by atoms with Gasteiger partial charge in [0, 0.05) is 37.6 Å². The van der Waals surface area contributed by atoms with Crippen molar-refractivity contribution in [3.05, 3.63) is 0 Å². The van der Waals surface area contributed by atoms with Crippen molar-refractivity contribution in [3.8, 4) is 0 Å². The summed E-state index contributed by atoms with van der Waals surface area (Å²) in [6.07, 6.45) is 8.36. The summed E-state index contributed by atoms with van der Waals surface area (Å²) in [6.45, 7) is 5.69. The summed E-state index contributed by atoms with van der Waals surface area (Å²) >= 11 is 0. The highest BCUT2D eigenvalue weighted by Crippen LogP contribution is 2.30. The average molecular weight is 279 g/mol. The SMILES string of the molecule is CCNC1CCC(N2CCC3NC(=O)CCC3C2)CC1. The highest BCUT2D eigenvalue weighted by atomic mass is 16.1. The number of nitrogens with zero attached hydrogens (tertiary/aromatic N) is 1. The van der Waals surface area contributed by atoms with Gasteiger partial charge in [0.1, 0.15) is 0 Å². The molecule has 2 saturated heterocycles. The maximum Gasteiger partial charge on any atom is 0.220 e. The van der Waals surface area contributed by atoms with Crippen LogP contribution in [0.4, 0.5) is 0 Å². The van der Waals surface area contributed by atoms with Gasteiger partial charge < -0.3 is 10.6 Å². The molecule has 0 radical (unpaired) electrons. The fourth-order valence-electron chi connectivity index (χ4n) is 4.40. The number of piperidine rings is 2. The molecule has 2 unspecified atom stereocenters. The molecule has 2 atom stereocenters. The molecule has 114 valence electrons. The Bertz CT molecular complexity index is 339. The minimum atomic E-state index is 0.269. The van der Waals surface area contributed by atoms with E-state index >= 15 is 0 Å². The van der Waals surface area contributed by atoms with Gasteiger partial charge in [0.15, 0.2) is 0 Å². The number of hydrogen-bond donors (Lipinski definition) is 2. The maximum atomic E-state index is 11.5. The van der Waals surface area contributed by atoms with Gasteiger partial charge in [-0.25, -0.2) is 0 Å². The van der Waals surface area contributed by atoms with Crippen molar-refractivity contribution in [2.75, 3.05) is 19.6 Å². The minimum Gasteiger partial charge on any atom is -0.353 e. The zero-order chi connectivity index (χ0) is 13.9. The molecule has 3 rings (SSSR count). The molecule has 1 amide bonds. The number of carbonyl (C=O) groups is 1. The van der Waals surface area contributed by atoms with Crippen LogP contribution in [0.15, 0.2) is 0 Å². The first-order chi connectivity index (χ1) is 9.76. The molecule has 3 aliphatic rings. The van der Waals surface area contributed by atoms with Crippen LogP contribution in [-0.2, 0) is 4.79 Å². The van der Waals surface area contributed by atoms with Gasteiger partial charge in [-0.2, -0.15) is 0 Å². The topological polar surface area (TPSA) is 44.4 Å². The van der Waals surface area contributed by atoms with E-state index in [0.29, 0.717) is 12.0 Å². The van der Waals surface area contributed by atoms with E-state index in [9.17, 15) is 4.79 Å². The van der Waals surface area contributed by atoms with Crippen LogP contribution in [0.2, 0.25) is 0 Å². The Morgan fingerprint density at radius 3 is 2.75 bits per heavy atom. The Morgan fingerprint density at radius 2 is 2.00 bits per heavy atom. The predicted molar refractivity (Wildman–Crippen MR) is 80.6 cm³/mol. The minimum absolute atomic E-state index is 0.269. The lowest BCUT2D eigenvalue weighted by molar-refractivity contribution is -0.125. The third kappa shape index (κ3) is 3.17. The molecular formula is C16H29N3O. The van der Waals surface area contributed by atoms with E-state index in [4.69, 9.17) is 0 Å². The van der Waals surface area contributed by atoms with Crippen molar-refractivity contribution in [2.24, 2.45) is 5.92 Å². The third-order valence-electron chi connectivity index (χ3n) is 5.56. The largest absolute Gasteiger partial charge is 0.353 e. The van der Waals surface area contributed by atoms with E-state index in [0.717, 1.165) is 37.9 Å². The average Bonchev–Trinajstić information content (AvgIpc) is 2.48. The lowest BCUT2D eigenvalue weighted by Crippen LogP contribution is -2.56. The Morgan fingerprint density at radius 1 is 1.20 bits per heavy atom. The quantitative estimate of drug-likeness (QED) is 0.823. The summed E-state index contributed by atoms with van der Waals surface area (Å²) in [7, 11) is 0. The molecule has 1 aliphatic carbocycles. The molecule has 4 heteroatoms. The van der Waals surface area contributed by atoms with E-state index in [1.165, 1.54) is 38.8 Å². The van der Waals surface area contributed by atoms with Crippen LogP contribution < -0.4 is 10.6 Å². The fourth-order valence-corrected chi connectivity index (χ4v) is 4.40. The molecule has 0 aromatic carbocycles. The zero-order valence-electron chi connectivity index (χ0n) is 12.7. The Kier molecular flexibility index (Phi) is 4.61. The van der Waals surface area contributed by atoms with Crippen LogP contribution in [0.1, 0.15) is 51.9 Å². The van der Waals surface area contributed by atoms with Crippen LogP contribution in [0, 0.1) is 5.92 Å². The van der Waals surface area contributed by atoms with Crippen molar-refractivity contribution in [3.63, 3.8) is 0 Å². The monoisotopic (exact) mass is 279 g/mol. The molecule has 0 aromatic heterocycles. The summed E-state index contributed by atoms with van der Waals surface area (Å²) in [6, 6.07) is 2.01. The van der Waals surface area contributed by atoms with E-state index in [1.54, 1.807) is 0 Å². The standard InChI is InChI=1S/C16H29N3O/c1-2-17-13-4-6-14(7-5-13)19-10-9-15-12(11-19)3-8-16(20)18-15/h12-15,17H,2-11H2,1H3,(H,18,20). The van der Waals surface area contributed by atoms with Crippen molar-refractivity contribution in [1.82, 2.24) is 15.5 Å². The van der Waals surface area contributed by atoms with Gasteiger partial charge in [-0.3, -0.25) is 9.69 Å². The second-order valence-electron chi connectivity index (χ2n) is 6.82. The first kappa shape index (κ1) is 14.3. The van der Waals surface area contributed by atoms with Gasteiger partial charge >= 0.3 is 0 Å². The van der Waals surface area contributed by atoms with Crippen LogP contribution in [-0.4, -0.2) is 48.6 Å². The van der Waals surface area contributed by atoms with E-state index in [-0.39, 0.29) is 5.91 Å². The molecule has 2 N–H and O–H groups in total. The molecule has 1 saturated carbocycles. The van der Waals surface area contributed by atoms with E-state index < -0.39 is 0 Å². The molecule has 20 heavy (non-hydrogen) atoms. The smallest absolute Gasteiger partial charge is 0.220 e. The van der Waals surface area contributed by atoms with Crippen LogP contribution in [0.3, 0.4) is 0 Å². The molecular weight excluding hydrogens is 250 g/mol. The number of nitrogens with one attached hydrogen (secondary N) is 2. The van der Waals surface area contributed by atoms with Crippen LogP contribution in [0.5, 0.6) is 0 Å². The number of likely N-dealkylation sites (tertiary alicyclic amines) is 1. The number of amides is 1.